The number of unbranched alkanes of at least 4 members (excludes halogenated alkanes) is 1. The number of rotatable bonds is 6. The maximum atomic E-state index is 8.60. The van der Waals surface area contributed by atoms with Crippen LogP contribution in [0.5, 0.6) is 11.5 Å². The van der Waals surface area contributed by atoms with Crippen molar-refractivity contribution in [3.05, 3.63) is 23.8 Å². The number of ether oxygens (including phenoxy) is 2. The Morgan fingerprint density at radius 2 is 2.12 bits per heavy atom. The topological polar surface area (TPSA) is 42.2 Å². The predicted molar refractivity (Wildman–Crippen MR) is 62.7 cm³/mol. The van der Waals surface area contributed by atoms with E-state index < -0.39 is 0 Å². The summed E-state index contributed by atoms with van der Waals surface area (Å²) in [5, 5.41) is 8.60. The zero-order valence-corrected chi connectivity index (χ0v) is 9.82. The van der Waals surface area contributed by atoms with E-state index in [-0.39, 0.29) is 0 Å². The van der Waals surface area contributed by atoms with E-state index >= 15 is 0 Å². The van der Waals surface area contributed by atoms with E-state index in [1.54, 1.807) is 7.11 Å². The van der Waals surface area contributed by atoms with Gasteiger partial charge in [0.05, 0.1) is 26.2 Å². The Balaban J connectivity index is 2.73. The summed E-state index contributed by atoms with van der Waals surface area (Å²) in [6, 6.07) is 7.72. The Hall–Kier alpha value is -1.69. The monoisotopic (exact) mass is 219 g/mol. The fourth-order valence-corrected chi connectivity index (χ4v) is 1.36. The van der Waals surface area contributed by atoms with Gasteiger partial charge in [0.1, 0.15) is 0 Å². The van der Waals surface area contributed by atoms with Crippen LogP contribution < -0.4 is 9.47 Å². The van der Waals surface area contributed by atoms with Crippen LogP contribution in [0, 0.1) is 11.3 Å². The Morgan fingerprint density at radius 3 is 2.75 bits per heavy atom. The molecule has 0 fully saturated rings. The Kier molecular flexibility index (Phi) is 5.21. The van der Waals surface area contributed by atoms with E-state index in [4.69, 9.17) is 14.7 Å². The molecule has 0 saturated heterocycles. The van der Waals surface area contributed by atoms with Gasteiger partial charge in [0, 0.05) is 0 Å². The van der Waals surface area contributed by atoms with Gasteiger partial charge in [0.15, 0.2) is 11.5 Å². The van der Waals surface area contributed by atoms with Crippen LogP contribution in [0.1, 0.15) is 25.3 Å². The molecule has 0 N–H and O–H groups in total. The van der Waals surface area contributed by atoms with E-state index in [2.05, 4.69) is 13.0 Å². The van der Waals surface area contributed by atoms with E-state index in [9.17, 15) is 0 Å². The standard InChI is InChI=1S/C13H17NO2/c1-3-4-9-16-12-6-5-11(7-8-14)10-13(12)15-2/h5-6,10H,3-4,7,9H2,1-2H3. The molecule has 0 aliphatic heterocycles. The molecule has 0 saturated carbocycles. The summed E-state index contributed by atoms with van der Waals surface area (Å²) in [6.45, 7) is 2.82. The lowest BCUT2D eigenvalue weighted by Crippen LogP contribution is -1.99. The van der Waals surface area contributed by atoms with Crippen LogP contribution in [-0.2, 0) is 6.42 Å². The average Bonchev–Trinajstić information content (AvgIpc) is 2.31. The lowest BCUT2D eigenvalue weighted by atomic mass is 10.1. The highest BCUT2D eigenvalue weighted by Gasteiger charge is 2.05. The van der Waals surface area contributed by atoms with Crippen molar-refractivity contribution >= 4 is 0 Å². The molecule has 0 unspecified atom stereocenters. The van der Waals surface area contributed by atoms with Gasteiger partial charge in [-0.1, -0.05) is 19.4 Å². The molecule has 0 bridgehead atoms. The van der Waals surface area contributed by atoms with Crippen LogP contribution in [0.4, 0.5) is 0 Å². The average molecular weight is 219 g/mol. The fourth-order valence-electron chi connectivity index (χ4n) is 1.36. The van der Waals surface area contributed by atoms with E-state index in [1.165, 1.54) is 0 Å². The normalized spacial score (nSPS) is 9.56. The van der Waals surface area contributed by atoms with Gasteiger partial charge in [-0.3, -0.25) is 0 Å². The number of benzene rings is 1. The minimum atomic E-state index is 0.394. The quantitative estimate of drug-likeness (QED) is 0.691. The highest BCUT2D eigenvalue weighted by atomic mass is 16.5. The van der Waals surface area contributed by atoms with Crippen molar-refractivity contribution in [1.29, 1.82) is 5.26 Å². The Labute approximate surface area is 96.6 Å². The van der Waals surface area contributed by atoms with Crippen LogP contribution >= 0.6 is 0 Å². The van der Waals surface area contributed by atoms with Gasteiger partial charge in [-0.05, 0) is 24.1 Å². The molecule has 3 nitrogen and oxygen atoms in total. The first-order valence-corrected chi connectivity index (χ1v) is 5.48. The first kappa shape index (κ1) is 12.4. The van der Waals surface area contributed by atoms with E-state index in [0.717, 1.165) is 24.2 Å². The van der Waals surface area contributed by atoms with Gasteiger partial charge in [-0.2, -0.15) is 5.26 Å². The van der Waals surface area contributed by atoms with E-state index in [1.807, 2.05) is 18.2 Å². The second kappa shape index (κ2) is 6.73. The number of hydrogen-bond acceptors (Lipinski definition) is 3. The highest BCUT2D eigenvalue weighted by molar-refractivity contribution is 5.43. The third-order valence-electron chi connectivity index (χ3n) is 2.27. The zero-order chi connectivity index (χ0) is 11.8. The summed E-state index contributed by atoms with van der Waals surface area (Å²) in [4.78, 5) is 0. The van der Waals surface area contributed by atoms with Crippen LogP contribution in [-0.4, -0.2) is 13.7 Å². The molecule has 0 heterocycles. The summed E-state index contributed by atoms with van der Waals surface area (Å²) >= 11 is 0. The molecule has 0 spiro atoms. The molecule has 0 aliphatic rings. The lowest BCUT2D eigenvalue weighted by Gasteiger charge is -2.11. The number of hydrogen-bond donors (Lipinski definition) is 0. The van der Waals surface area contributed by atoms with Crippen LogP contribution in [0.15, 0.2) is 18.2 Å². The number of nitriles is 1. The Morgan fingerprint density at radius 1 is 1.31 bits per heavy atom. The van der Waals surface area contributed by atoms with Crippen LogP contribution in [0.3, 0.4) is 0 Å². The summed E-state index contributed by atoms with van der Waals surface area (Å²) in [7, 11) is 1.61. The summed E-state index contributed by atoms with van der Waals surface area (Å²) in [6.07, 6.45) is 2.53. The lowest BCUT2D eigenvalue weighted by molar-refractivity contribution is 0.288. The molecular formula is C13H17NO2. The van der Waals surface area contributed by atoms with Crippen molar-refractivity contribution in [2.45, 2.75) is 26.2 Å². The van der Waals surface area contributed by atoms with Crippen molar-refractivity contribution in [3.8, 4) is 17.6 Å². The molecule has 1 rings (SSSR count). The Bertz CT molecular complexity index is 369. The molecule has 1 aromatic rings. The number of nitrogens with zero attached hydrogens (tertiary/aromatic N) is 1. The number of methoxy groups -OCH3 is 1. The highest BCUT2D eigenvalue weighted by Crippen LogP contribution is 2.28. The molecule has 0 amide bonds. The maximum Gasteiger partial charge on any atom is 0.161 e. The van der Waals surface area contributed by atoms with Crippen molar-refractivity contribution in [2.75, 3.05) is 13.7 Å². The van der Waals surface area contributed by atoms with Gasteiger partial charge in [0.2, 0.25) is 0 Å². The molecule has 0 aromatic heterocycles. The molecule has 0 radical (unpaired) electrons. The second-order valence-corrected chi connectivity index (χ2v) is 3.52. The third kappa shape index (κ3) is 3.47. The summed E-state index contributed by atoms with van der Waals surface area (Å²) in [5.74, 6) is 1.45. The molecular weight excluding hydrogens is 202 g/mol. The maximum absolute atomic E-state index is 8.60. The first-order chi connectivity index (χ1) is 7.81. The van der Waals surface area contributed by atoms with Gasteiger partial charge in [0.25, 0.3) is 0 Å². The zero-order valence-electron chi connectivity index (χ0n) is 9.82. The van der Waals surface area contributed by atoms with Gasteiger partial charge in [-0.15, -0.1) is 0 Å². The minimum absolute atomic E-state index is 0.394. The minimum Gasteiger partial charge on any atom is -0.493 e. The molecule has 0 atom stereocenters. The van der Waals surface area contributed by atoms with Crippen LogP contribution in [0.25, 0.3) is 0 Å². The van der Waals surface area contributed by atoms with Gasteiger partial charge >= 0.3 is 0 Å². The van der Waals surface area contributed by atoms with Crippen molar-refractivity contribution in [2.24, 2.45) is 0 Å². The predicted octanol–water partition coefficient (Wildman–Crippen LogP) is 2.94. The first-order valence-electron chi connectivity index (χ1n) is 5.48. The third-order valence-corrected chi connectivity index (χ3v) is 2.27. The fraction of sp³-hybridized carbons (Fsp3) is 0.462. The van der Waals surface area contributed by atoms with Crippen molar-refractivity contribution in [3.63, 3.8) is 0 Å². The van der Waals surface area contributed by atoms with Crippen molar-refractivity contribution in [1.82, 2.24) is 0 Å². The molecule has 86 valence electrons. The van der Waals surface area contributed by atoms with Gasteiger partial charge < -0.3 is 9.47 Å². The molecule has 1 aromatic carbocycles. The summed E-state index contributed by atoms with van der Waals surface area (Å²) in [5.41, 5.74) is 0.946. The largest absolute Gasteiger partial charge is 0.493 e. The molecule has 0 aliphatic carbocycles. The smallest absolute Gasteiger partial charge is 0.161 e. The van der Waals surface area contributed by atoms with Crippen molar-refractivity contribution < 1.29 is 9.47 Å². The summed E-state index contributed by atoms with van der Waals surface area (Å²) < 4.78 is 10.8. The van der Waals surface area contributed by atoms with E-state index in [0.29, 0.717) is 18.8 Å². The van der Waals surface area contributed by atoms with Gasteiger partial charge in [-0.25, -0.2) is 0 Å². The SMILES string of the molecule is CCCCOc1ccc(CC#N)cc1OC. The molecule has 16 heavy (non-hydrogen) atoms. The van der Waals surface area contributed by atoms with Crippen LogP contribution in [0.2, 0.25) is 0 Å². The molecule has 3 heteroatoms. The second-order valence-electron chi connectivity index (χ2n) is 3.52.